The molecule has 0 aromatic carbocycles. The van der Waals surface area contributed by atoms with Crippen molar-refractivity contribution in [1.82, 2.24) is 15.1 Å². The Bertz CT molecular complexity index is 255. The second-order valence-corrected chi connectivity index (χ2v) is 6.86. The Kier molecular flexibility index (Phi) is 3.92. The van der Waals surface area contributed by atoms with Gasteiger partial charge in [0.2, 0.25) is 0 Å². The summed E-state index contributed by atoms with van der Waals surface area (Å²) in [6.45, 7) is 11.1. The minimum Gasteiger partial charge on any atom is -0.312 e. The molecule has 0 aromatic heterocycles. The molecule has 3 fully saturated rings. The Labute approximate surface area is 112 Å². The Morgan fingerprint density at radius 2 is 1.89 bits per heavy atom. The van der Waals surface area contributed by atoms with Gasteiger partial charge < -0.3 is 10.2 Å². The van der Waals surface area contributed by atoms with Crippen molar-refractivity contribution in [2.75, 3.05) is 32.7 Å². The summed E-state index contributed by atoms with van der Waals surface area (Å²) in [6, 6.07) is 2.44. The fourth-order valence-electron chi connectivity index (χ4n) is 3.56. The molecule has 2 aliphatic heterocycles. The first-order valence-corrected chi connectivity index (χ1v) is 7.94. The van der Waals surface area contributed by atoms with Gasteiger partial charge in [-0.15, -0.1) is 0 Å². The fourth-order valence-corrected chi connectivity index (χ4v) is 3.56. The number of likely N-dealkylation sites (tertiary alicyclic amines) is 2. The number of hydrogen-bond donors (Lipinski definition) is 1. The van der Waals surface area contributed by atoms with Crippen LogP contribution in [0.4, 0.5) is 0 Å². The van der Waals surface area contributed by atoms with Gasteiger partial charge in [-0.05, 0) is 65.1 Å². The maximum atomic E-state index is 3.82. The van der Waals surface area contributed by atoms with Gasteiger partial charge in [0.05, 0.1) is 0 Å². The molecule has 3 aliphatic rings. The molecule has 1 N–H and O–H groups in total. The SMILES string of the molecule is CC(C)N1CCC(NCC2CCN(C3CC3)C2)C1. The van der Waals surface area contributed by atoms with Crippen molar-refractivity contribution < 1.29 is 0 Å². The first-order chi connectivity index (χ1) is 8.72. The van der Waals surface area contributed by atoms with Gasteiger partial charge in [-0.1, -0.05) is 0 Å². The molecule has 3 rings (SSSR count). The molecule has 3 nitrogen and oxygen atoms in total. The number of hydrogen-bond acceptors (Lipinski definition) is 3. The van der Waals surface area contributed by atoms with Crippen LogP contribution in [0.2, 0.25) is 0 Å². The lowest BCUT2D eigenvalue weighted by molar-refractivity contribution is 0.265. The van der Waals surface area contributed by atoms with E-state index in [4.69, 9.17) is 0 Å². The molecular formula is C15H29N3. The largest absolute Gasteiger partial charge is 0.312 e. The highest BCUT2D eigenvalue weighted by Gasteiger charge is 2.34. The molecule has 1 saturated carbocycles. The second kappa shape index (κ2) is 5.48. The molecule has 2 saturated heterocycles. The highest BCUT2D eigenvalue weighted by molar-refractivity contribution is 4.91. The first kappa shape index (κ1) is 12.9. The lowest BCUT2D eigenvalue weighted by Crippen LogP contribution is -2.38. The third kappa shape index (κ3) is 3.06. The van der Waals surface area contributed by atoms with Crippen LogP contribution in [0.5, 0.6) is 0 Å². The zero-order valence-corrected chi connectivity index (χ0v) is 12.1. The average molecular weight is 251 g/mol. The molecule has 0 bridgehead atoms. The molecule has 104 valence electrons. The van der Waals surface area contributed by atoms with E-state index >= 15 is 0 Å². The van der Waals surface area contributed by atoms with Crippen LogP contribution in [0.1, 0.15) is 39.5 Å². The van der Waals surface area contributed by atoms with Crippen LogP contribution in [-0.4, -0.2) is 60.6 Å². The summed E-state index contributed by atoms with van der Waals surface area (Å²) in [5.41, 5.74) is 0. The van der Waals surface area contributed by atoms with Gasteiger partial charge in [0.15, 0.2) is 0 Å². The van der Waals surface area contributed by atoms with E-state index in [-0.39, 0.29) is 0 Å². The summed E-state index contributed by atoms with van der Waals surface area (Å²) in [6.07, 6.45) is 5.69. The molecular weight excluding hydrogens is 222 g/mol. The summed E-state index contributed by atoms with van der Waals surface area (Å²) < 4.78 is 0. The Morgan fingerprint density at radius 1 is 1.06 bits per heavy atom. The summed E-state index contributed by atoms with van der Waals surface area (Å²) in [5, 5.41) is 3.82. The summed E-state index contributed by atoms with van der Waals surface area (Å²) in [4.78, 5) is 5.32. The maximum absolute atomic E-state index is 3.82. The molecule has 1 aliphatic carbocycles. The lowest BCUT2D eigenvalue weighted by atomic mass is 10.1. The van der Waals surface area contributed by atoms with Gasteiger partial charge in [-0.2, -0.15) is 0 Å². The fraction of sp³-hybridized carbons (Fsp3) is 1.00. The normalized spacial score (nSPS) is 34.8. The monoisotopic (exact) mass is 251 g/mol. The maximum Gasteiger partial charge on any atom is 0.0207 e. The summed E-state index contributed by atoms with van der Waals surface area (Å²) >= 11 is 0. The number of nitrogens with zero attached hydrogens (tertiary/aromatic N) is 2. The van der Waals surface area contributed by atoms with E-state index in [0.717, 1.165) is 18.0 Å². The van der Waals surface area contributed by atoms with Crippen molar-refractivity contribution in [3.05, 3.63) is 0 Å². The predicted octanol–water partition coefficient (Wildman–Crippen LogP) is 1.54. The van der Waals surface area contributed by atoms with E-state index in [2.05, 4.69) is 29.0 Å². The van der Waals surface area contributed by atoms with E-state index in [0.29, 0.717) is 6.04 Å². The zero-order valence-electron chi connectivity index (χ0n) is 12.1. The Morgan fingerprint density at radius 3 is 2.56 bits per heavy atom. The standard InChI is InChI=1S/C15H29N3/c1-12(2)17-8-6-14(11-17)16-9-13-5-7-18(10-13)15-3-4-15/h12-16H,3-11H2,1-2H3. The van der Waals surface area contributed by atoms with E-state index in [1.165, 1.54) is 58.4 Å². The Hall–Kier alpha value is -0.120. The van der Waals surface area contributed by atoms with Crippen molar-refractivity contribution in [2.24, 2.45) is 5.92 Å². The van der Waals surface area contributed by atoms with Crippen LogP contribution in [0.3, 0.4) is 0 Å². The van der Waals surface area contributed by atoms with Gasteiger partial charge in [0, 0.05) is 31.2 Å². The van der Waals surface area contributed by atoms with Crippen molar-refractivity contribution in [1.29, 1.82) is 0 Å². The van der Waals surface area contributed by atoms with Gasteiger partial charge in [-0.3, -0.25) is 4.90 Å². The van der Waals surface area contributed by atoms with Gasteiger partial charge in [-0.25, -0.2) is 0 Å². The Balaban J connectivity index is 1.35. The van der Waals surface area contributed by atoms with E-state index in [1.54, 1.807) is 0 Å². The van der Waals surface area contributed by atoms with E-state index in [9.17, 15) is 0 Å². The van der Waals surface area contributed by atoms with Crippen molar-refractivity contribution >= 4 is 0 Å². The quantitative estimate of drug-likeness (QED) is 0.800. The van der Waals surface area contributed by atoms with Crippen LogP contribution in [-0.2, 0) is 0 Å². The van der Waals surface area contributed by atoms with Crippen molar-refractivity contribution in [3.8, 4) is 0 Å². The van der Waals surface area contributed by atoms with Crippen LogP contribution in [0.25, 0.3) is 0 Å². The van der Waals surface area contributed by atoms with Gasteiger partial charge in [0.1, 0.15) is 0 Å². The molecule has 0 radical (unpaired) electrons. The van der Waals surface area contributed by atoms with E-state index < -0.39 is 0 Å². The highest BCUT2D eigenvalue weighted by atomic mass is 15.2. The third-order valence-electron chi connectivity index (χ3n) is 5.03. The molecule has 0 amide bonds. The van der Waals surface area contributed by atoms with Crippen LogP contribution in [0.15, 0.2) is 0 Å². The van der Waals surface area contributed by atoms with Crippen LogP contribution >= 0.6 is 0 Å². The number of nitrogens with one attached hydrogen (secondary N) is 1. The van der Waals surface area contributed by atoms with E-state index in [1.807, 2.05) is 0 Å². The lowest BCUT2D eigenvalue weighted by Gasteiger charge is -2.21. The second-order valence-electron chi connectivity index (χ2n) is 6.86. The summed E-state index contributed by atoms with van der Waals surface area (Å²) in [5.74, 6) is 0.915. The zero-order chi connectivity index (χ0) is 12.5. The third-order valence-corrected chi connectivity index (χ3v) is 5.03. The molecule has 0 spiro atoms. The predicted molar refractivity (Wildman–Crippen MR) is 75.8 cm³/mol. The van der Waals surface area contributed by atoms with Crippen LogP contribution < -0.4 is 5.32 Å². The highest BCUT2D eigenvalue weighted by Crippen LogP contribution is 2.31. The minimum absolute atomic E-state index is 0.716. The molecule has 2 atom stereocenters. The van der Waals surface area contributed by atoms with Gasteiger partial charge >= 0.3 is 0 Å². The van der Waals surface area contributed by atoms with Crippen molar-refractivity contribution in [3.63, 3.8) is 0 Å². The molecule has 2 heterocycles. The topological polar surface area (TPSA) is 18.5 Å². The smallest absolute Gasteiger partial charge is 0.0207 e. The average Bonchev–Trinajstić information content (AvgIpc) is 2.92. The van der Waals surface area contributed by atoms with Crippen LogP contribution in [0, 0.1) is 5.92 Å². The molecule has 18 heavy (non-hydrogen) atoms. The first-order valence-electron chi connectivity index (χ1n) is 7.94. The van der Waals surface area contributed by atoms with Gasteiger partial charge in [0.25, 0.3) is 0 Å². The minimum atomic E-state index is 0.716. The summed E-state index contributed by atoms with van der Waals surface area (Å²) in [7, 11) is 0. The molecule has 2 unspecified atom stereocenters. The number of rotatable bonds is 5. The molecule has 3 heteroatoms. The molecule has 0 aromatic rings. The van der Waals surface area contributed by atoms with Crippen molar-refractivity contribution in [2.45, 2.75) is 57.7 Å².